The smallest absolute Gasteiger partial charge is 0.355 e. The van der Waals surface area contributed by atoms with E-state index in [1.165, 1.54) is 22.9 Å². The van der Waals surface area contributed by atoms with Crippen molar-refractivity contribution >= 4 is 44.6 Å². The van der Waals surface area contributed by atoms with Crippen LogP contribution in [0.15, 0.2) is 77.9 Å². The van der Waals surface area contributed by atoms with E-state index in [9.17, 15) is 22.8 Å². The van der Waals surface area contributed by atoms with Gasteiger partial charge in [0, 0.05) is 62.7 Å². The van der Waals surface area contributed by atoms with Crippen LogP contribution in [0.4, 0.5) is 30.2 Å². The van der Waals surface area contributed by atoms with Crippen LogP contribution in [0, 0.1) is 0 Å². The summed E-state index contributed by atoms with van der Waals surface area (Å²) < 4.78 is 45.0. The summed E-state index contributed by atoms with van der Waals surface area (Å²) in [4.78, 5) is 30.7. The molecule has 44 heavy (non-hydrogen) atoms. The Kier molecular flexibility index (Phi) is 7.87. The van der Waals surface area contributed by atoms with E-state index in [0.717, 1.165) is 35.7 Å². The molecule has 0 unspecified atom stereocenters. The highest BCUT2D eigenvalue weighted by Crippen LogP contribution is 2.35. The van der Waals surface area contributed by atoms with Crippen molar-refractivity contribution in [2.45, 2.75) is 19.3 Å². The number of hydrogen-bond acceptors (Lipinski definition) is 6. The van der Waals surface area contributed by atoms with Crippen LogP contribution in [-0.4, -0.2) is 63.3 Å². The number of halogens is 3. The summed E-state index contributed by atoms with van der Waals surface area (Å²) >= 11 is 0. The van der Waals surface area contributed by atoms with Crippen molar-refractivity contribution in [2.24, 2.45) is 7.05 Å². The molecule has 1 aliphatic rings. The largest absolute Gasteiger partial charge is 0.416 e. The molecule has 0 radical (unpaired) electrons. The molecule has 5 aromatic rings. The van der Waals surface area contributed by atoms with E-state index in [2.05, 4.69) is 20.6 Å². The van der Waals surface area contributed by atoms with E-state index < -0.39 is 23.2 Å². The molecule has 1 aliphatic heterocycles. The third kappa shape index (κ3) is 6.17. The van der Waals surface area contributed by atoms with Gasteiger partial charge in [0.15, 0.2) is 0 Å². The fraction of sp³-hybridized carbons (Fsp3) is 0.281. The maximum Gasteiger partial charge on any atom is 0.416 e. The van der Waals surface area contributed by atoms with Gasteiger partial charge in [0.05, 0.1) is 28.4 Å². The highest BCUT2D eigenvalue weighted by atomic mass is 19.4. The minimum atomic E-state index is -4.58. The number of anilines is 3. The second-order valence-electron chi connectivity index (χ2n) is 11.2. The number of likely N-dealkylation sites (N-methyl/N-ethyl adjacent to an activating group) is 1. The molecule has 1 fully saturated rings. The van der Waals surface area contributed by atoms with Crippen molar-refractivity contribution in [3.63, 3.8) is 0 Å². The van der Waals surface area contributed by atoms with Crippen LogP contribution in [-0.2, 0) is 31.1 Å². The van der Waals surface area contributed by atoms with Crippen LogP contribution in [0.3, 0.4) is 0 Å². The van der Waals surface area contributed by atoms with E-state index in [-0.39, 0.29) is 24.3 Å². The number of amides is 1. The van der Waals surface area contributed by atoms with Gasteiger partial charge in [-0.25, -0.2) is 0 Å². The van der Waals surface area contributed by atoms with Gasteiger partial charge in [-0.3, -0.25) is 19.2 Å². The van der Waals surface area contributed by atoms with E-state index in [0.29, 0.717) is 29.5 Å². The van der Waals surface area contributed by atoms with E-state index in [1.54, 1.807) is 29.1 Å². The molecule has 12 heteroatoms. The van der Waals surface area contributed by atoms with Crippen molar-refractivity contribution in [3.8, 4) is 0 Å². The lowest BCUT2D eigenvalue weighted by Gasteiger charge is -2.33. The van der Waals surface area contributed by atoms with E-state index in [4.69, 9.17) is 0 Å². The molecule has 0 spiro atoms. The molecule has 0 aliphatic carbocycles. The molecule has 1 saturated heterocycles. The monoisotopic (exact) mass is 603 g/mol. The number of alkyl halides is 3. The molecule has 0 atom stereocenters. The summed E-state index contributed by atoms with van der Waals surface area (Å²) in [5, 5.41) is 12.1. The van der Waals surface area contributed by atoms with Crippen LogP contribution in [0.5, 0.6) is 0 Å². The van der Waals surface area contributed by atoms with Crippen LogP contribution >= 0.6 is 0 Å². The Bertz CT molecular complexity index is 1910. The molecule has 0 saturated carbocycles. The first kappa shape index (κ1) is 29.4. The van der Waals surface area contributed by atoms with Gasteiger partial charge in [0.2, 0.25) is 5.91 Å². The Morgan fingerprint density at radius 1 is 0.932 bits per heavy atom. The molecule has 2 N–H and O–H groups in total. The summed E-state index contributed by atoms with van der Waals surface area (Å²) in [6, 6.07) is 16.8. The van der Waals surface area contributed by atoms with Crippen LogP contribution < -0.4 is 16.2 Å². The third-order valence-electron chi connectivity index (χ3n) is 8.03. The lowest BCUT2D eigenvalue weighted by Crippen LogP contribution is -2.44. The second-order valence-corrected chi connectivity index (χ2v) is 11.2. The summed E-state index contributed by atoms with van der Waals surface area (Å²) in [7, 11) is 3.85. The summed E-state index contributed by atoms with van der Waals surface area (Å²) in [6.07, 6.45) is -1.31. The van der Waals surface area contributed by atoms with Crippen molar-refractivity contribution in [3.05, 3.63) is 94.5 Å². The topological polar surface area (TPSA) is 87.4 Å². The van der Waals surface area contributed by atoms with E-state index >= 15 is 0 Å². The fourth-order valence-corrected chi connectivity index (χ4v) is 5.61. The second kappa shape index (κ2) is 11.8. The maximum absolute atomic E-state index is 14.0. The first-order valence-electron chi connectivity index (χ1n) is 14.3. The van der Waals surface area contributed by atoms with Gasteiger partial charge in [-0.1, -0.05) is 18.2 Å². The number of nitrogens with zero attached hydrogens (tertiary/aromatic N) is 5. The number of benzene rings is 3. The Morgan fingerprint density at radius 2 is 1.70 bits per heavy atom. The van der Waals surface area contributed by atoms with Gasteiger partial charge in [-0.2, -0.15) is 18.3 Å². The molecular formula is C32H32F3N7O2. The Labute approximate surface area is 251 Å². The lowest BCUT2D eigenvalue weighted by molar-refractivity contribution is -0.138. The predicted octanol–water partition coefficient (Wildman–Crippen LogP) is 5.04. The molecule has 228 valence electrons. The predicted molar refractivity (Wildman–Crippen MR) is 165 cm³/mol. The molecule has 6 rings (SSSR count). The Hall–Kier alpha value is -4.68. The normalized spacial score (nSPS) is 14.8. The molecule has 0 bridgehead atoms. The number of carbonyl (C=O) groups is 1. The van der Waals surface area contributed by atoms with Gasteiger partial charge in [0.1, 0.15) is 6.54 Å². The minimum absolute atomic E-state index is 0.0199. The van der Waals surface area contributed by atoms with Crippen molar-refractivity contribution in [1.82, 2.24) is 24.1 Å². The number of aryl methyl sites for hydroxylation is 1. The van der Waals surface area contributed by atoms with Crippen molar-refractivity contribution < 1.29 is 18.0 Å². The van der Waals surface area contributed by atoms with Crippen LogP contribution in [0.2, 0.25) is 0 Å². The number of pyridine rings is 1. The number of aromatic nitrogens is 3. The first-order valence-corrected chi connectivity index (χ1v) is 14.3. The standard InChI is InChI=1S/C32H32F3N7O2/c1-39-12-14-41(15-13-39)19-22-6-7-25(17-26(22)32(33,34)35)38-29(43)20-42-11-10-21-4-3-5-27(30(21)31(42)44)37-24-8-9-28-23(16-24)18-36-40(28)2/h3-11,16-18,37H,12-15,19-20H2,1-2H3,(H,38,43). The highest BCUT2D eigenvalue weighted by Gasteiger charge is 2.34. The Balaban J connectivity index is 1.21. The number of piperazine rings is 1. The van der Waals surface area contributed by atoms with Crippen LogP contribution in [0.1, 0.15) is 11.1 Å². The zero-order chi connectivity index (χ0) is 31.0. The van der Waals surface area contributed by atoms with Crippen LogP contribution in [0.25, 0.3) is 21.7 Å². The third-order valence-corrected chi connectivity index (χ3v) is 8.03. The molecule has 3 aromatic carbocycles. The summed E-state index contributed by atoms with van der Waals surface area (Å²) in [5.41, 5.74) is 1.30. The molecule has 1 amide bonds. The number of hydrogen-bond donors (Lipinski definition) is 2. The average molecular weight is 604 g/mol. The average Bonchev–Trinajstić information content (AvgIpc) is 3.35. The quantitative estimate of drug-likeness (QED) is 0.271. The summed E-state index contributed by atoms with van der Waals surface area (Å²) in [5.74, 6) is -0.612. The first-order chi connectivity index (χ1) is 21.0. The molecular weight excluding hydrogens is 571 g/mol. The molecule has 9 nitrogen and oxygen atoms in total. The number of rotatable bonds is 7. The van der Waals surface area contributed by atoms with Gasteiger partial charge >= 0.3 is 6.18 Å². The van der Waals surface area contributed by atoms with Gasteiger partial charge in [0.25, 0.3) is 5.56 Å². The van der Waals surface area contributed by atoms with Crippen molar-refractivity contribution in [2.75, 3.05) is 43.9 Å². The van der Waals surface area contributed by atoms with Gasteiger partial charge in [-0.15, -0.1) is 0 Å². The SMILES string of the molecule is CN1CCN(Cc2ccc(NC(=O)Cn3ccc4cccc(Nc5ccc6c(cnn6C)c5)c4c3=O)cc2C(F)(F)F)CC1. The lowest BCUT2D eigenvalue weighted by atomic mass is 10.0. The number of carbonyl (C=O) groups excluding carboxylic acids is 1. The van der Waals surface area contributed by atoms with Crippen molar-refractivity contribution in [1.29, 1.82) is 0 Å². The Morgan fingerprint density at radius 3 is 2.48 bits per heavy atom. The number of fused-ring (bicyclic) bond motifs is 2. The zero-order valence-electron chi connectivity index (χ0n) is 24.4. The molecule has 3 heterocycles. The fourth-order valence-electron chi connectivity index (χ4n) is 5.61. The van der Waals surface area contributed by atoms with Gasteiger partial charge in [-0.05, 0) is 60.5 Å². The highest BCUT2D eigenvalue weighted by molar-refractivity contribution is 5.96. The number of nitrogens with one attached hydrogen (secondary N) is 2. The summed E-state index contributed by atoms with van der Waals surface area (Å²) in [6.45, 7) is 2.77. The zero-order valence-corrected chi connectivity index (χ0v) is 24.4. The molecule has 2 aromatic heterocycles. The minimum Gasteiger partial charge on any atom is -0.355 e. The maximum atomic E-state index is 14.0. The van der Waals surface area contributed by atoms with Gasteiger partial charge < -0.3 is 20.1 Å². The van der Waals surface area contributed by atoms with E-state index in [1.807, 2.05) is 43.3 Å².